The van der Waals surface area contributed by atoms with Crippen molar-refractivity contribution in [1.29, 1.82) is 0 Å². The molecule has 37 heavy (non-hydrogen) atoms. The molecule has 0 aromatic heterocycles. The molecule has 1 aromatic carbocycles. The maximum atomic E-state index is 13.2. The Bertz CT molecular complexity index is 1010. The summed E-state index contributed by atoms with van der Waals surface area (Å²) in [5, 5.41) is 10.1. The van der Waals surface area contributed by atoms with E-state index in [9.17, 15) is 14.4 Å². The molecular weight excluding hydrogens is 474 g/mol. The number of rotatable bonds is 5. The van der Waals surface area contributed by atoms with Gasteiger partial charge in [0.25, 0.3) is 0 Å². The summed E-state index contributed by atoms with van der Waals surface area (Å²) in [6.07, 6.45) is 3.94. The highest BCUT2D eigenvalue weighted by Gasteiger charge is 2.34. The number of hydrazone groups is 1. The first-order valence-corrected chi connectivity index (χ1v) is 13.0. The van der Waals surface area contributed by atoms with Gasteiger partial charge in [-0.05, 0) is 36.3 Å². The number of para-hydroxylation sites is 1. The van der Waals surface area contributed by atoms with Crippen LogP contribution in [0.1, 0.15) is 38.7 Å². The SMILES string of the molecule is COC(=O)C(CN1CC/C=N\NCC(C)(C)C1)NC(=O)N1CCC(N2Cc3ccccc3NC2=O)CC1. The minimum absolute atomic E-state index is 0.0521. The highest BCUT2D eigenvalue weighted by Crippen LogP contribution is 2.27. The fourth-order valence-corrected chi connectivity index (χ4v) is 5.24. The number of hydrogen-bond acceptors (Lipinski definition) is 7. The largest absolute Gasteiger partial charge is 0.467 e. The van der Waals surface area contributed by atoms with Crippen molar-refractivity contribution in [3.63, 3.8) is 0 Å². The van der Waals surface area contributed by atoms with Crippen LogP contribution >= 0.6 is 0 Å². The molecular formula is C26H39N7O4. The molecule has 3 N–H and O–H groups in total. The fourth-order valence-electron chi connectivity index (χ4n) is 5.24. The number of methoxy groups -OCH3 is 1. The Morgan fingerprint density at radius 1 is 1.22 bits per heavy atom. The van der Waals surface area contributed by atoms with E-state index in [2.05, 4.69) is 39.9 Å². The van der Waals surface area contributed by atoms with Crippen LogP contribution in [0.3, 0.4) is 0 Å². The molecule has 3 aliphatic heterocycles. The lowest BCUT2D eigenvalue weighted by molar-refractivity contribution is -0.143. The zero-order valence-electron chi connectivity index (χ0n) is 22.0. The number of esters is 1. The predicted molar refractivity (Wildman–Crippen MR) is 141 cm³/mol. The van der Waals surface area contributed by atoms with Crippen molar-refractivity contribution in [3.05, 3.63) is 29.8 Å². The smallest absolute Gasteiger partial charge is 0.329 e. The van der Waals surface area contributed by atoms with Gasteiger partial charge in [0.05, 0.1) is 7.11 Å². The van der Waals surface area contributed by atoms with Crippen molar-refractivity contribution >= 4 is 29.9 Å². The first kappa shape index (κ1) is 26.7. The summed E-state index contributed by atoms with van der Waals surface area (Å²) < 4.78 is 5.02. The van der Waals surface area contributed by atoms with Gasteiger partial charge < -0.3 is 30.6 Å². The lowest BCUT2D eigenvalue weighted by Gasteiger charge is -2.41. The van der Waals surface area contributed by atoms with Crippen molar-refractivity contribution < 1.29 is 19.1 Å². The number of carbonyl (C=O) groups excluding carboxylic acids is 3. The van der Waals surface area contributed by atoms with E-state index in [0.29, 0.717) is 45.6 Å². The van der Waals surface area contributed by atoms with Crippen molar-refractivity contribution in [2.75, 3.05) is 51.7 Å². The Kier molecular flexibility index (Phi) is 8.52. The Morgan fingerprint density at radius 2 is 1.97 bits per heavy atom. The van der Waals surface area contributed by atoms with E-state index in [0.717, 1.165) is 30.8 Å². The van der Waals surface area contributed by atoms with Gasteiger partial charge in [-0.25, -0.2) is 14.4 Å². The molecule has 11 nitrogen and oxygen atoms in total. The van der Waals surface area contributed by atoms with E-state index < -0.39 is 12.0 Å². The topological polar surface area (TPSA) is 119 Å². The van der Waals surface area contributed by atoms with Gasteiger partial charge in [0.15, 0.2) is 0 Å². The van der Waals surface area contributed by atoms with Crippen LogP contribution in [0.4, 0.5) is 15.3 Å². The average Bonchev–Trinajstić information content (AvgIpc) is 2.97. The summed E-state index contributed by atoms with van der Waals surface area (Å²) in [6, 6.07) is 6.71. The molecule has 3 aliphatic rings. The van der Waals surface area contributed by atoms with E-state index in [1.54, 1.807) is 4.90 Å². The molecule has 1 atom stereocenters. The number of likely N-dealkylation sites (tertiary alicyclic amines) is 1. The molecule has 4 rings (SSSR count). The van der Waals surface area contributed by atoms with Gasteiger partial charge >= 0.3 is 18.0 Å². The monoisotopic (exact) mass is 513 g/mol. The minimum atomic E-state index is -0.777. The Morgan fingerprint density at radius 3 is 2.73 bits per heavy atom. The molecule has 0 spiro atoms. The average molecular weight is 514 g/mol. The van der Waals surface area contributed by atoms with Crippen LogP contribution in [0.5, 0.6) is 0 Å². The second-order valence-corrected chi connectivity index (χ2v) is 10.8. The van der Waals surface area contributed by atoms with Gasteiger partial charge in [-0.1, -0.05) is 32.0 Å². The fraction of sp³-hybridized carbons (Fsp3) is 0.615. The number of hydrogen-bond donors (Lipinski definition) is 3. The molecule has 0 bridgehead atoms. The van der Waals surface area contributed by atoms with Crippen LogP contribution < -0.4 is 16.1 Å². The summed E-state index contributed by atoms with van der Waals surface area (Å²) in [5.74, 6) is -0.462. The zero-order valence-corrected chi connectivity index (χ0v) is 22.0. The highest BCUT2D eigenvalue weighted by atomic mass is 16.5. The zero-order chi connectivity index (χ0) is 26.4. The van der Waals surface area contributed by atoms with Crippen molar-refractivity contribution in [2.45, 2.75) is 51.7 Å². The number of carbonyl (C=O) groups is 3. The first-order valence-electron chi connectivity index (χ1n) is 13.0. The van der Waals surface area contributed by atoms with Crippen LogP contribution in [0.25, 0.3) is 0 Å². The quantitative estimate of drug-likeness (QED) is 0.519. The number of amides is 4. The third kappa shape index (κ3) is 6.91. The number of nitrogens with one attached hydrogen (secondary N) is 3. The van der Waals surface area contributed by atoms with Gasteiger partial charge in [0, 0.05) is 63.8 Å². The summed E-state index contributed by atoms with van der Waals surface area (Å²) in [6.45, 7) is 8.42. The van der Waals surface area contributed by atoms with Gasteiger partial charge in [-0.2, -0.15) is 5.10 Å². The van der Waals surface area contributed by atoms with Crippen molar-refractivity contribution in [2.24, 2.45) is 10.5 Å². The van der Waals surface area contributed by atoms with E-state index >= 15 is 0 Å². The first-order chi connectivity index (χ1) is 17.8. The maximum Gasteiger partial charge on any atom is 0.329 e. The molecule has 0 radical (unpaired) electrons. The van der Waals surface area contributed by atoms with Crippen LogP contribution in [0.2, 0.25) is 0 Å². The number of benzene rings is 1. The number of ether oxygens (including phenoxy) is 1. The lowest BCUT2D eigenvalue weighted by Crippen LogP contribution is -2.57. The van der Waals surface area contributed by atoms with E-state index in [1.807, 2.05) is 35.4 Å². The summed E-state index contributed by atoms with van der Waals surface area (Å²) in [5.41, 5.74) is 4.97. The lowest BCUT2D eigenvalue weighted by atomic mass is 9.92. The molecule has 1 aromatic rings. The Labute approximate surface area is 218 Å². The second kappa shape index (κ2) is 11.8. The van der Waals surface area contributed by atoms with Crippen molar-refractivity contribution in [1.82, 2.24) is 25.4 Å². The Hall–Kier alpha value is -3.34. The molecule has 1 fully saturated rings. The van der Waals surface area contributed by atoms with Crippen LogP contribution in [0, 0.1) is 5.41 Å². The highest BCUT2D eigenvalue weighted by molar-refractivity contribution is 5.92. The van der Waals surface area contributed by atoms with Gasteiger partial charge in [0.1, 0.15) is 6.04 Å². The van der Waals surface area contributed by atoms with Gasteiger partial charge in [-0.3, -0.25) is 4.90 Å². The second-order valence-electron chi connectivity index (χ2n) is 10.8. The maximum absolute atomic E-state index is 13.2. The van der Waals surface area contributed by atoms with Crippen molar-refractivity contribution in [3.8, 4) is 0 Å². The predicted octanol–water partition coefficient (Wildman–Crippen LogP) is 2.06. The van der Waals surface area contributed by atoms with Gasteiger partial charge in [-0.15, -0.1) is 0 Å². The normalized spacial score (nSPS) is 22.3. The van der Waals surface area contributed by atoms with E-state index in [4.69, 9.17) is 4.74 Å². The molecule has 1 saturated heterocycles. The molecule has 3 heterocycles. The van der Waals surface area contributed by atoms with Crippen LogP contribution in [-0.2, 0) is 16.1 Å². The van der Waals surface area contributed by atoms with E-state index in [1.165, 1.54) is 7.11 Å². The molecule has 4 amide bonds. The number of fused-ring (bicyclic) bond motifs is 1. The standard InChI is InChI=1S/C26H39N7O4/c1-26(2)17-28-27-11-6-12-31(18-26)16-22(23(34)37-3)30-24(35)32-13-9-20(10-14-32)33-15-19-7-4-5-8-21(19)29-25(33)36/h4-5,7-8,11,20,22,28H,6,9-10,12-18H2,1-3H3,(H,29,36)(H,30,35)/b27-11-. The molecule has 202 valence electrons. The van der Waals surface area contributed by atoms with E-state index in [-0.39, 0.29) is 23.5 Å². The molecule has 11 heteroatoms. The number of urea groups is 2. The number of nitrogens with zero attached hydrogens (tertiary/aromatic N) is 4. The third-order valence-electron chi connectivity index (χ3n) is 7.24. The Balaban J connectivity index is 1.33. The summed E-state index contributed by atoms with van der Waals surface area (Å²) >= 11 is 0. The van der Waals surface area contributed by atoms with Crippen LogP contribution in [0.15, 0.2) is 29.4 Å². The summed E-state index contributed by atoms with van der Waals surface area (Å²) in [7, 11) is 1.34. The third-order valence-corrected chi connectivity index (χ3v) is 7.24. The molecule has 0 aliphatic carbocycles. The minimum Gasteiger partial charge on any atom is -0.467 e. The molecule has 0 saturated carbocycles. The number of piperidine rings is 1. The van der Waals surface area contributed by atoms with Crippen LogP contribution in [-0.4, -0.2) is 97.4 Å². The number of anilines is 1. The summed E-state index contributed by atoms with van der Waals surface area (Å²) in [4.78, 5) is 44.2. The van der Waals surface area contributed by atoms with Gasteiger partial charge in [0.2, 0.25) is 0 Å². The molecule has 1 unspecified atom stereocenters.